The SMILES string of the molecule is CC1(NC(=O)O)CCCN(c2ccc([N+](=O)[O-])cc2)C1. The molecule has 1 unspecified atom stereocenters. The van der Waals surface area contributed by atoms with Crippen molar-refractivity contribution in [1.82, 2.24) is 5.32 Å². The number of benzene rings is 1. The number of hydrogen-bond acceptors (Lipinski definition) is 4. The lowest BCUT2D eigenvalue weighted by atomic mass is 9.91. The maximum Gasteiger partial charge on any atom is 0.405 e. The zero-order valence-corrected chi connectivity index (χ0v) is 11.2. The van der Waals surface area contributed by atoms with Gasteiger partial charge in [-0.1, -0.05) is 0 Å². The molecule has 7 heteroatoms. The number of rotatable bonds is 3. The van der Waals surface area contributed by atoms with Gasteiger partial charge >= 0.3 is 6.09 Å². The molecule has 1 amide bonds. The van der Waals surface area contributed by atoms with E-state index in [1.165, 1.54) is 12.1 Å². The van der Waals surface area contributed by atoms with Gasteiger partial charge in [0.1, 0.15) is 0 Å². The first-order valence-electron chi connectivity index (χ1n) is 6.40. The molecular formula is C13H17N3O4. The van der Waals surface area contributed by atoms with Gasteiger partial charge in [-0.25, -0.2) is 4.79 Å². The first-order chi connectivity index (χ1) is 9.39. The summed E-state index contributed by atoms with van der Waals surface area (Å²) in [5.41, 5.74) is 0.428. The standard InChI is InChI=1S/C13H17N3O4/c1-13(14-12(17)18)7-2-8-15(9-13)10-3-5-11(6-4-10)16(19)20/h3-6,14H,2,7-9H2,1H3,(H,17,18). The van der Waals surface area contributed by atoms with E-state index in [2.05, 4.69) is 5.32 Å². The van der Waals surface area contributed by atoms with Gasteiger partial charge in [-0.05, 0) is 31.9 Å². The van der Waals surface area contributed by atoms with Crippen LogP contribution in [0.1, 0.15) is 19.8 Å². The number of carboxylic acid groups (broad SMARTS) is 1. The largest absolute Gasteiger partial charge is 0.465 e. The fraction of sp³-hybridized carbons (Fsp3) is 0.462. The molecule has 0 bridgehead atoms. The third kappa shape index (κ3) is 3.17. The maximum atomic E-state index is 10.8. The number of nitrogens with zero attached hydrogens (tertiary/aromatic N) is 2. The lowest BCUT2D eigenvalue weighted by Gasteiger charge is -2.41. The highest BCUT2D eigenvalue weighted by Gasteiger charge is 2.32. The highest BCUT2D eigenvalue weighted by atomic mass is 16.6. The number of nitro benzene ring substituents is 1. The number of anilines is 1. The van der Waals surface area contributed by atoms with Gasteiger partial charge in [-0.3, -0.25) is 10.1 Å². The molecule has 0 aliphatic carbocycles. The molecule has 20 heavy (non-hydrogen) atoms. The Morgan fingerprint density at radius 1 is 1.45 bits per heavy atom. The van der Waals surface area contributed by atoms with Crippen molar-refractivity contribution in [2.45, 2.75) is 25.3 Å². The molecule has 1 atom stereocenters. The fourth-order valence-corrected chi connectivity index (χ4v) is 2.61. The van der Waals surface area contributed by atoms with Gasteiger partial charge in [0.05, 0.1) is 10.5 Å². The normalized spacial score (nSPS) is 22.4. The first-order valence-corrected chi connectivity index (χ1v) is 6.40. The van der Waals surface area contributed by atoms with E-state index in [0.717, 1.165) is 25.1 Å². The number of nitrogens with one attached hydrogen (secondary N) is 1. The molecule has 1 heterocycles. The van der Waals surface area contributed by atoms with Gasteiger partial charge in [0.2, 0.25) is 0 Å². The van der Waals surface area contributed by atoms with Crippen molar-refractivity contribution in [2.24, 2.45) is 0 Å². The Kier molecular flexibility index (Phi) is 3.78. The molecule has 1 saturated heterocycles. The molecule has 7 nitrogen and oxygen atoms in total. The summed E-state index contributed by atoms with van der Waals surface area (Å²) in [6.07, 6.45) is 0.620. The number of carbonyl (C=O) groups is 1. The second-order valence-corrected chi connectivity index (χ2v) is 5.29. The minimum Gasteiger partial charge on any atom is -0.465 e. The smallest absolute Gasteiger partial charge is 0.405 e. The van der Waals surface area contributed by atoms with Crippen LogP contribution in [-0.2, 0) is 0 Å². The van der Waals surface area contributed by atoms with Crippen LogP contribution in [0.2, 0.25) is 0 Å². The molecule has 0 spiro atoms. The molecule has 2 N–H and O–H groups in total. The third-order valence-electron chi connectivity index (χ3n) is 3.53. The van der Waals surface area contributed by atoms with Gasteiger partial charge in [-0.2, -0.15) is 0 Å². The number of piperidine rings is 1. The number of non-ortho nitro benzene ring substituents is 1. The number of hydrogen-bond donors (Lipinski definition) is 2. The van der Waals surface area contributed by atoms with Crippen molar-refractivity contribution < 1.29 is 14.8 Å². The van der Waals surface area contributed by atoms with Gasteiger partial charge in [0.15, 0.2) is 0 Å². The topological polar surface area (TPSA) is 95.7 Å². The number of amides is 1. The van der Waals surface area contributed by atoms with E-state index in [4.69, 9.17) is 5.11 Å². The average Bonchev–Trinajstić information content (AvgIpc) is 2.37. The zero-order valence-electron chi connectivity index (χ0n) is 11.2. The van der Waals surface area contributed by atoms with Crippen molar-refractivity contribution in [3.63, 3.8) is 0 Å². The zero-order chi connectivity index (χ0) is 14.8. The lowest BCUT2D eigenvalue weighted by molar-refractivity contribution is -0.384. The molecule has 1 aromatic rings. The van der Waals surface area contributed by atoms with Crippen molar-refractivity contribution in [3.8, 4) is 0 Å². The Bertz CT molecular complexity index is 517. The molecule has 0 saturated carbocycles. The second kappa shape index (κ2) is 5.36. The van der Waals surface area contributed by atoms with E-state index in [1.54, 1.807) is 12.1 Å². The lowest BCUT2D eigenvalue weighted by Crippen LogP contribution is -2.56. The molecule has 1 aliphatic heterocycles. The van der Waals surface area contributed by atoms with E-state index in [-0.39, 0.29) is 5.69 Å². The summed E-state index contributed by atoms with van der Waals surface area (Å²) < 4.78 is 0. The molecule has 2 rings (SSSR count). The van der Waals surface area contributed by atoms with Crippen LogP contribution in [0.4, 0.5) is 16.2 Å². The minimum atomic E-state index is -1.03. The molecule has 1 fully saturated rings. The summed E-state index contributed by atoms with van der Waals surface area (Å²) in [7, 11) is 0. The van der Waals surface area contributed by atoms with Crippen molar-refractivity contribution in [1.29, 1.82) is 0 Å². The van der Waals surface area contributed by atoms with Crippen LogP contribution < -0.4 is 10.2 Å². The molecule has 0 aromatic heterocycles. The van der Waals surface area contributed by atoms with Crippen LogP contribution in [0.15, 0.2) is 24.3 Å². The van der Waals surface area contributed by atoms with Crippen LogP contribution in [0, 0.1) is 10.1 Å². The van der Waals surface area contributed by atoms with Gasteiger partial charge in [0, 0.05) is 30.9 Å². The molecule has 108 valence electrons. The van der Waals surface area contributed by atoms with Gasteiger partial charge < -0.3 is 15.3 Å². The molecule has 0 radical (unpaired) electrons. The second-order valence-electron chi connectivity index (χ2n) is 5.29. The predicted octanol–water partition coefficient (Wildman–Crippen LogP) is 2.22. The third-order valence-corrected chi connectivity index (χ3v) is 3.53. The van der Waals surface area contributed by atoms with Crippen LogP contribution in [0.5, 0.6) is 0 Å². The summed E-state index contributed by atoms with van der Waals surface area (Å²) in [6.45, 7) is 3.24. The molecule has 1 aromatic carbocycles. The monoisotopic (exact) mass is 279 g/mol. The first kappa shape index (κ1) is 14.1. The van der Waals surface area contributed by atoms with Crippen LogP contribution in [0.25, 0.3) is 0 Å². The molecular weight excluding hydrogens is 262 g/mol. The van der Waals surface area contributed by atoms with Crippen LogP contribution in [0.3, 0.4) is 0 Å². The van der Waals surface area contributed by atoms with Crippen molar-refractivity contribution in [3.05, 3.63) is 34.4 Å². The van der Waals surface area contributed by atoms with E-state index in [1.807, 2.05) is 11.8 Å². The number of nitro groups is 1. The highest BCUT2D eigenvalue weighted by Crippen LogP contribution is 2.27. The Balaban J connectivity index is 2.12. The Hall–Kier alpha value is -2.31. The van der Waals surface area contributed by atoms with E-state index in [0.29, 0.717) is 6.54 Å². The fourth-order valence-electron chi connectivity index (χ4n) is 2.61. The van der Waals surface area contributed by atoms with Gasteiger partial charge in [0.25, 0.3) is 5.69 Å². The minimum absolute atomic E-state index is 0.0529. The van der Waals surface area contributed by atoms with Crippen LogP contribution in [-0.4, -0.2) is 34.8 Å². The van der Waals surface area contributed by atoms with Gasteiger partial charge in [-0.15, -0.1) is 0 Å². The van der Waals surface area contributed by atoms with Crippen LogP contribution >= 0.6 is 0 Å². The summed E-state index contributed by atoms with van der Waals surface area (Å²) in [4.78, 5) is 23.1. The predicted molar refractivity (Wildman–Crippen MR) is 74.1 cm³/mol. The summed E-state index contributed by atoms with van der Waals surface area (Å²) >= 11 is 0. The molecule has 1 aliphatic rings. The Labute approximate surface area is 116 Å². The van der Waals surface area contributed by atoms with Crippen molar-refractivity contribution >= 4 is 17.5 Å². The summed E-state index contributed by atoms with van der Waals surface area (Å²) in [5.74, 6) is 0. The van der Waals surface area contributed by atoms with E-state index in [9.17, 15) is 14.9 Å². The van der Waals surface area contributed by atoms with E-state index >= 15 is 0 Å². The Morgan fingerprint density at radius 2 is 2.10 bits per heavy atom. The summed E-state index contributed by atoms with van der Waals surface area (Å²) in [5, 5.41) is 22.1. The average molecular weight is 279 g/mol. The maximum absolute atomic E-state index is 10.8. The summed E-state index contributed by atoms with van der Waals surface area (Å²) in [6, 6.07) is 6.33. The Morgan fingerprint density at radius 3 is 2.65 bits per heavy atom. The van der Waals surface area contributed by atoms with Crippen molar-refractivity contribution in [2.75, 3.05) is 18.0 Å². The van der Waals surface area contributed by atoms with E-state index < -0.39 is 16.6 Å². The highest BCUT2D eigenvalue weighted by molar-refractivity contribution is 5.66. The quantitative estimate of drug-likeness (QED) is 0.653.